The molecule has 1 unspecified atom stereocenters. The lowest BCUT2D eigenvalue weighted by Crippen LogP contribution is -2.32. The van der Waals surface area contributed by atoms with E-state index in [2.05, 4.69) is 9.97 Å². The Balaban J connectivity index is 1.73. The molecule has 6 nitrogen and oxygen atoms in total. The normalized spacial score (nSPS) is 20.4. The smallest absolute Gasteiger partial charge is 0.232 e. The van der Waals surface area contributed by atoms with Crippen molar-refractivity contribution in [1.82, 2.24) is 14.9 Å². The van der Waals surface area contributed by atoms with E-state index in [1.54, 1.807) is 18.6 Å². The molecule has 1 aromatic heterocycles. The topological polar surface area (TPSA) is 81.3 Å². The van der Waals surface area contributed by atoms with E-state index in [1.807, 2.05) is 4.90 Å². The summed E-state index contributed by atoms with van der Waals surface area (Å²) in [6.07, 6.45) is 5.82. The summed E-state index contributed by atoms with van der Waals surface area (Å²) in [4.78, 5) is 20.8. The number of carbonyl (C=O) groups excluding carboxylic acids is 1. The third-order valence-electron chi connectivity index (χ3n) is 2.76. The Bertz CT molecular complexity index is 371. The van der Waals surface area contributed by atoms with Gasteiger partial charge in [0, 0.05) is 24.9 Å². The Labute approximate surface area is 99.8 Å². The monoisotopic (exact) mass is 236 g/mol. The standard InChI is InChI=1S/C11H16N4O2/c12-10(16)7-15-4-1-9(6-15)8-17-11-5-13-2-3-14-11/h2-3,5,9H,1,4,6-8H2,(H2,12,16). The first-order chi connectivity index (χ1) is 8.24. The van der Waals surface area contributed by atoms with Crippen LogP contribution in [0.4, 0.5) is 0 Å². The predicted octanol–water partition coefficient (Wildman–Crippen LogP) is -0.337. The summed E-state index contributed by atoms with van der Waals surface area (Å²) in [6, 6.07) is 0. The largest absolute Gasteiger partial charge is 0.476 e. The highest BCUT2D eigenvalue weighted by molar-refractivity contribution is 5.75. The zero-order valence-electron chi connectivity index (χ0n) is 9.58. The van der Waals surface area contributed by atoms with Crippen LogP contribution in [0, 0.1) is 5.92 Å². The third kappa shape index (κ3) is 3.67. The number of hydrogen-bond acceptors (Lipinski definition) is 5. The van der Waals surface area contributed by atoms with Crippen LogP contribution in [-0.2, 0) is 4.79 Å². The molecule has 1 atom stereocenters. The molecule has 1 fully saturated rings. The number of ether oxygens (including phenoxy) is 1. The number of aromatic nitrogens is 2. The highest BCUT2D eigenvalue weighted by Gasteiger charge is 2.23. The van der Waals surface area contributed by atoms with Gasteiger partial charge in [0.25, 0.3) is 0 Å². The van der Waals surface area contributed by atoms with Crippen LogP contribution in [0.25, 0.3) is 0 Å². The van der Waals surface area contributed by atoms with E-state index >= 15 is 0 Å². The average molecular weight is 236 g/mol. The van der Waals surface area contributed by atoms with Crippen molar-refractivity contribution in [3.05, 3.63) is 18.6 Å². The maximum atomic E-state index is 10.8. The molecule has 92 valence electrons. The summed E-state index contributed by atoms with van der Waals surface area (Å²) < 4.78 is 5.53. The van der Waals surface area contributed by atoms with Gasteiger partial charge in [0.05, 0.1) is 19.3 Å². The highest BCUT2D eigenvalue weighted by Crippen LogP contribution is 2.16. The number of nitrogens with zero attached hydrogens (tertiary/aromatic N) is 3. The Hall–Kier alpha value is -1.69. The van der Waals surface area contributed by atoms with Gasteiger partial charge in [-0.1, -0.05) is 0 Å². The molecule has 1 aliphatic heterocycles. The maximum Gasteiger partial charge on any atom is 0.232 e. The second-order valence-corrected chi connectivity index (χ2v) is 4.21. The van der Waals surface area contributed by atoms with Crippen LogP contribution in [0.1, 0.15) is 6.42 Å². The minimum absolute atomic E-state index is 0.277. The van der Waals surface area contributed by atoms with Gasteiger partial charge in [-0.25, -0.2) is 4.98 Å². The lowest BCUT2D eigenvalue weighted by Gasteiger charge is -2.13. The molecule has 0 spiro atoms. The molecule has 0 radical (unpaired) electrons. The summed E-state index contributed by atoms with van der Waals surface area (Å²) in [6.45, 7) is 2.69. The molecular weight excluding hydrogens is 220 g/mol. The van der Waals surface area contributed by atoms with Gasteiger partial charge in [0.1, 0.15) is 0 Å². The minimum Gasteiger partial charge on any atom is -0.476 e. The van der Waals surface area contributed by atoms with Crippen molar-refractivity contribution in [3.63, 3.8) is 0 Å². The van der Waals surface area contributed by atoms with Crippen LogP contribution in [0.2, 0.25) is 0 Å². The molecule has 1 amide bonds. The number of carbonyl (C=O) groups is 1. The van der Waals surface area contributed by atoms with E-state index in [4.69, 9.17) is 10.5 Å². The fraction of sp³-hybridized carbons (Fsp3) is 0.545. The highest BCUT2D eigenvalue weighted by atomic mass is 16.5. The number of amides is 1. The van der Waals surface area contributed by atoms with Crippen LogP contribution < -0.4 is 10.5 Å². The number of primary amides is 1. The Morgan fingerprint density at radius 1 is 1.59 bits per heavy atom. The molecule has 1 saturated heterocycles. The van der Waals surface area contributed by atoms with Crippen molar-refractivity contribution in [3.8, 4) is 5.88 Å². The summed E-state index contributed by atoms with van der Waals surface area (Å²) in [7, 11) is 0. The molecular formula is C11H16N4O2. The fourth-order valence-corrected chi connectivity index (χ4v) is 1.98. The summed E-state index contributed by atoms with van der Waals surface area (Å²) >= 11 is 0. The SMILES string of the molecule is NC(=O)CN1CCC(COc2cnccn2)C1. The Kier molecular flexibility index (Phi) is 3.87. The van der Waals surface area contributed by atoms with Crippen molar-refractivity contribution < 1.29 is 9.53 Å². The van der Waals surface area contributed by atoms with Gasteiger partial charge in [-0.2, -0.15) is 0 Å². The Morgan fingerprint density at radius 3 is 3.18 bits per heavy atom. The van der Waals surface area contributed by atoms with Gasteiger partial charge in [-0.05, 0) is 13.0 Å². The second-order valence-electron chi connectivity index (χ2n) is 4.21. The van der Waals surface area contributed by atoms with Crippen LogP contribution in [-0.4, -0.2) is 47.0 Å². The van der Waals surface area contributed by atoms with E-state index in [1.165, 1.54) is 0 Å². The van der Waals surface area contributed by atoms with Crippen molar-refractivity contribution in [2.45, 2.75) is 6.42 Å². The van der Waals surface area contributed by atoms with E-state index in [9.17, 15) is 4.79 Å². The van der Waals surface area contributed by atoms with Gasteiger partial charge >= 0.3 is 0 Å². The average Bonchev–Trinajstić information content (AvgIpc) is 2.75. The van der Waals surface area contributed by atoms with E-state index < -0.39 is 0 Å². The lowest BCUT2D eigenvalue weighted by atomic mass is 10.1. The molecule has 2 heterocycles. The Morgan fingerprint density at radius 2 is 2.47 bits per heavy atom. The molecule has 0 bridgehead atoms. The summed E-state index contributed by atoms with van der Waals surface area (Å²) in [5.41, 5.74) is 5.15. The van der Waals surface area contributed by atoms with E-state index in [0.717, 1.165) is 19.5 Å². The molecule has 1 aromatic rings. The number of nitrogens with two attached hydrogens (primary N) is 1. The zero-order valence-corrected chi connectivity index (χ0v) is 9.58. The molecule has 2 N–H and O–H groups in total. The van der Waals surface area contributed by atoms with Crippen LogP contribution >= 0.6 is 0 Å². The molecule has 1 aliphatic rings. The first kappa shape index (κ1) is 11.8. The van der Waals surface area contributed by atoms with Gasteiger partial charge in [-0.15, -0.1) is 0 Å². The second kappa shape index (κ2) is 5.58. The van der Waals surface area contributed by atoms with Crippen molar-refractivity contribution in [2.75, 3.05) is 26.2 Å². The maximum absolute atomic E-state index is 10.8. The lowest BCUT2D eigenvalue weighted by molar-refractivity contribution is -0.118. The molecule has 0 aromatic carbocycles. The van der Waals surface area contributed by atoms with E-state index in [-0.39, 0.29) is 5.91 Å². The van der Waals surface area contributed by atoms with E-state index in [0.29, 0.717) is 24.9 Å². The zero-order chi connectivity index (χ0) is 12.1. The van der Waals surface area contributed by atoms with Gasteiger partial charge < -0.3 is 10.5 Å². The van der Waals surface area contributed by atoms with Crippen LogP contribution in [0.15, 0.2) is 18.6 Å². The molecule has 0 aliphatic carbocycles. The minimum atomic E-state index is -0.277. The fourth-order valence-electron chi connectivity index (χ4n) is 1.98. The predicted molar refractivity (Wildman–Crippen MR) is 61.3 cm³/mol. The van der Waals surface area contributed by atoms with Gasteiger partial charge in [-0.3, -0.25) is 14.7 Å². The van der Waals surface area contributed by atoms with Crippen LogP contribution in [0.3, 0.4) is 0 Å². The van der Waals surface area contributed by atoms with Gasteiger partial charge in [0.15, 0.2) is 0 Å². The molecule has 0 saturated carbocycles. The summed E-state index contributed by atoms with van der Waals surface area (Å²) in [5.74, 6) is 0.692. The van der Waals surface area contributed by atoms with Crippen molar-refractivity contribution in [1.29, 1.82) is 0 Å². The molecule has 6 heteroatoms. The first-order valence-electron chi connectivity index (χ1n) is 5.63. The first-order valence-corrected chi connectivity index (χ1v) is 5.63. The van der Waals surface area contributed by atoms with Crippen molar-refractivity contribution >= 4 is 5.91 Å². The number of hydrogen-bond donors (Lipinski definition) is 1. The molecule has 2 rings (SSSR count). The molecule has 17 heavy (non-hydrogen) atoms. The quantitative estimate of drug-likeness (QED) is 0.756. The summed E-state index contributed by atoms with van der Waals surface area (Å²) in [5, 5.41) is 0. The number of rotatable bonds is 5. The van der Waals surface area contributed by atoms with Crippen LogP contribution in [0.5, 0.6) is 5.88 Å². The van der Waals surface area contributed by atoms with Gasteiger partial charge in [0.2, 0.25) is 11.8 Å². The van der Waals surface area contributed by atoms with Crippen molar-refractivity contribution in [2.24, 2.45) is 11.7 Å². The third-order valence-corrected chi connectivity index (χ3v) is 2.76. The number of likely N-dealkylation sites (tertiary alicyclic amines) is 1.